The van der Waals surface area contributed by atoms with E-state index < -0.39 is 30.2 Å². The lowest BCUT2D eigenvalue weighted by atomic mass is 9.82. The summed E-state index contributed by atoms with van der Waals surface area (Å²) in [5.74, 6) is -1.01. The van der Waals surface area contributed by atoms with Crippen molar-refractivity contribution in [2.75, 3.05) is 6.61 Å². The highest BCUT2D eigenvalue weighted by Gasteiger charge is 2.27. The average molecular weight is 412 g/mol. The number of urea groups is 1. The van der Waals surface area contributed by atoms with Crippen molar-refractivity contribution in [3.05, 3.63) is 34.9 Å². The van der Waals surface area contributed by atoms with Crippen molar-refractivity contribution in [3.8, 4) is 0 Å². The molecule has 0 aliphatic carbocycles. The van der Waals surface area contributed by atoms with Crippen molar-refractivity contribution >= 4 is 29.5 Å². The first-order valence-electron chi connectivity index (χ1n) is 9.05. The number of halogens is 1. The highest BCUT2D eigenvalue weighted by molar-refractivity contribution is 6.30. The van der Waals surface area contributed by atoms with E-state index >= 15 is 0 Å². The van der Waals surface area contributed by atoms with Gasteiger partial charge in [0.1, 0.15) is 0 Å². The number of carbonyl (C=O) groups is 3. The predicted octanol–water partition coefficient (Wildman–Crippen LogP) is 3.31. The maximum absolute atomic E-state index is 12.2. The van der Waals surface area contributed by atoms with Crippen LogP contribution in [0.1, 0.15) is 59.1 Å². The van der Waals surface area contributed by atoms with Gasteiger partial charge in [0.05, 0.1) is 12.5 Å². The number of hydrogen-bond acceptors (Lipinski definition) is 4. The van der Waals surface area contributed by atoms with Gasteiger partial charge in [-0.05, 0) is 43.4 Å². The molecule has 1 atom stereocenters. The largest absolute Gasteiger partial charge is 0.456 e. The quantitative estimate of drug-likeness (QED) is 0.570. The normalized spacial score (nSPS) is 12.8. The Kier molecular flexibility index (Phi) is 8.29. The maximum atomic E-state index is 12.2. The van der Waals surface area contributed by atoms with Gasteiger partial charge in [0.15, 0.2) is 6.61 Å². The fourth-order valence-electron chi connectivity index (χ4n) is 3.27. The number of primary amides is 1. The summed E-state index contributed by atoms with van der Waals surface area (Å²) in [4.78, 5) is 35.5. The Hall–Kier alpha value is -2.28. The molecule has 0 spiro atoms. The monoisotopic (exact) mass is 411 g/mol. The molecule has 0 saturated heterocycles. The van der Waals surface area contributed by atoms with Gasteiger partial charge in [-0.15, -0.1) is 0 Å². The van der Waals surface area contributed by atoms with Crippen LogP contribution in [0.4, 0.5) is 4.79 Å². The number of benzene rings is 1. The third-order valence-electron chi connectivity index (χ3n) is 3.77. The highest BCUT2D eigenvalue weighted by atomic mass is 35.5. The second kappa shape index (κ2) is 9.78. The van der Waals surface area contributed by atoms with Crippen molar-refractivity contribution in [2.45, 2.75) is 59.0 Å². The molecular formula is C20H30ClN3O4. The van der Waals surface area contributed by atoms with Crippen LogP contribution in [0.2, 0.25) is 5.02 Å². The van der Waals surface area contributed by atoms with Gasteiger partial charge in [0.2, 0.25) is 0 Å². The molecule has 0 fully saturated rings. The van der Waals surface area contributed by atoms with Crippen molar-refractivity contribution in [3.63, 3.8) is 0 Å². The van der Waals surface area contributed by atoms with E-state index in [1.807, 2.05) is 13.8 Å². The first-order valence-corrected chi connectivity index (χ1v) is 9.43. The van der Waals surface area contributed by atoms with Gasteiger partial charge in [-0.2, -0.15) is 0 Å². The van der Waals surface area contributed by atoms with Crippen LogP contribution < -0.4 is 16.4 Å². The van der Waals surface area contributed by atoms with Gasteiger partial charge in [0, 0.05) is 10.6 Å². The van der Waals surface area contributed by atoms with Crippen molar-refractivity contribution in [2.24, 2.45) is 11.1 Å². The molecule has 4 N–H and O–H groups in total. The molecule has 0 radical (unpaired) electrons. The molecule has 0 aliphatic rings. The van der Waals surface area contributed by atoms with Crippen molar-refractivity contribution < 1.29 is 19.1 Å². The zero-order valence-electron chi connectivity index (χ0n) is 17.1. The summed E-state index contributed by atoms with van der Waals surface area (Å²) in [5.41, 5.74) is 5.45. The van der Waals surface area contributed by atoms with Gasteiger partial charge >= 0.3 is 12.0 Å². The number of nitrogens with two attached hydrogens (primary N) is 1. The number of esters is 1. The number of nitrogens with one attached hydrogen (secondary N) is 2. The first-order chi connectivity index (χ1) is 12.8. The molecule has 0 bridgehead atoms. The first kappa shape index (κ1) is 23.8. The Morgan fingerprint density at radius 1 is 1.11 bits per heavy atom. The minimum atomic E-state index is -0.769. The summed E-state index contributed by atoms with van der Waals surface area (Å²) in [6.45, 7) is 9.71. The fraction of sp³-hybridized carbons (Fsp3) is 0.550. The molecule has 0 unspecified atom stereocenters. The molecular weight excluding hydrogens is 382 g/mol. The molecule has 7 nitrogen and oxygen atoms in total. The van der Waals surface area contributed by atoms with E-state index in [4.69, 9.17) is 22.1 Å². The highest BCUT2D eigenvalue weighted by Crippen LogP contribution is 2.26. The minimum absolute atomic E-state index is 0.0414. The zero-order valence-corrected chi connectivity index (χ0v) is 17.9. The summed E-state index contributed by atoms with van der Waals surface area (Å²) >= 11 is 5.86. The second-order valence-corrected chi connectivity index (χ2v) is 9.08. The van der Waals surface area contributed by atoms with Crippen LogP contribution in [0.25, 0.3) is 0 Å². The number of hydrogen-bond donors (Lipinski definition) is 3. The molecule has 0 heterocycles. The summed E-state index contributed by atoms with van der Waals surface area (Å²) in [6.07, 6.45) is 0.601. The molecule has 28 heavy (non-hydrogen) atoms. The molecule has 0 aromatic heterocycles. The lowest BCUT2D eigenvalue weighted by Crippen LogP contribution is -2.47. The zero-order chi connectivity index (χ0) is 21.5. The van der Waals surface area contributed by atoms with E-state index in [2.05, 4.69) is 31.4 Å². The smallest absolute Gasteiger partial charge is 0.312 e. The molecule has 0 aliphatic heterocycles. The maximum Gasteiger partial charge on any atom is 0.312 e. The van der Waals surface area contributed by atoms with Crippen LogP contribution in [0.5, 0.6) is 0 Å². The van der Waals surface area contributed by atoms with Crippen LogP contribution in [0.3, 0.4) is 0 Å². The minimum Gasteiger partial charge on any atom is -0.456 e. The van der Waals surface area contributed by atoms with E-state index in [9.17, 15) is 14.4 Å². The topological polar surface area (TPSA) is 111 Å². The SMILES string of the molecule is CC(C)(C)CC(C)(C)NC(=O)COC(=O)C[C@@H](NC(N)=O)c1ccc(Cl)cc1. The standard InChI is InChI=1S/C20H30ClN3O4/c1-19(2,3)12-20(4,5)24-16(25)11-28-17(26)10-15(23-18(22)27)13-6-8-14(21)9-7-13/h6-9,15H,10-12H2,1-5H3,(H,24,25)(H3,22,23,27)/t15-/m1/s1. The average Bonchev–Trinajstić information content (AvgIpc) is 2.49. The Labute approximate surface area is 171 Å². The van der Waals surface area contributed by atoms with E-state index in [0.717, 1.165) is 6.42 Å². The summed E-state index contributed by atoms with van der Waals surface area (Å²) in [5, 5.41) is 5.89. The van der Waals surface area contributed by atoms with Gasteiger partial charge < -0.3 is 21.1 Å². The van der Waals surface area contributed by atoms with Crippen LogP contribution in [0.15, 0.2) is 24.3 Å². The van der Waals surface area contributed by atoms with Crippen molar-refractivity contribution in [1.29, 1.82) is 0 Å². The van der Waals surface area contributed by atoms with E-state index in [-0.39, 0.29) is 17.7 Å². The Morgan fingerprint density at radius 2 is 1.68 bits per heavy atom. The van der Waals surface area contributed by atoms with Crippen LogP contribution in [-0.2, 0) is 14.3 Å². The van der Waals surface area contributed by atoms with Crippen LogP contribution >= 0.6 is 11.6 Å². The fourth-order valence-corrected chi connectivity index (χ4v) is 3.40. The second-order valence-electron chi connectivity index (χ2n) is 8.65. The molecule has 1 aromatic rings. The summed E-state index contributed by atoms with van der Waals surface area (Å²) < 4.78 is 5.07. The molecule has 1 rings (SSSR count). The third kappa shape index (κ3) is 9.60. The Bertz CT molecular complexity index is 696. The molecule has 3 amide bonds. The molecule has 8 heteroatoms. The number of carbonyl (C=O) groups excluding carboxylic acids is 3. The third-order valence-corrected chi connectivity index (χ3v) is 4.03. The number of ether oxygens (including phenoxy) is 1. The van der Waals surface area contributed by atoms with Gasteiger partial charge in [0.25, 0.3) is 5.91 Å². The lowest BCUT2D eigenvalue weighted by Gasteiger charge is -2.33. The van der Waals surface area contributed by atoms with Crippen molar-refractivity contribution in [1.82, 2.24) is 10.6 Å². The van der Waals surface area contributed by atoms with E-state index in [0.29, 0.717) is 10.6 Å². The molecule has 1 aromatic carbocycles. The summed E-state index contributed by atoms with van der Waals surface area (Å²) in [6, 6.07) is 5.19. The molecule has 156 valence electrons. The number of rotatable bonds is 8. The summed E-state index contributed by atoms with van der Waals surface area (Å²) in [7, 11) is 0. The van der Waals surface area contributed by atoms with Gasteiger partial charge in [-0.1, -0.05) is 44.5 Å². The van der Waals surface area contributed by atoms with Gasteiger partial charge in [-0.25, -0.2) is 4.79 Å². The van der Waals surface area contributed by atoms with E-state index in [1.165, 1.54) is 0 Å². The molecule has 0 saturated carbocycles. The van der Waals surface area contributed by atoms with Gasteiger partial charge in [-0.3, -0.25) is 9.59 Å². The Balaban J connectivity index is 2.61. The van der Waals surface area contributed by atoms with E-state index in [1.54, 1.807) is 24.3 Å². The lowest BCUT2D eigenvalue weighted by molar-refractivity contribution is -0.149. The predicted molar refractivity (Wildman–Crippen MR) is 109 cm³/mol. The van der Waals surface area contributed by atoms with Crippen LogP contribution in [0, 0.1) is 5.41 Å². The Morgan fingerprint density at radius 3 is 2.18 bits per heavy atom. The van der Waals surface area contributed by atoms with Crippen LogP contribution in [-0.4, -0.2) is 30.1 Å². The number of amides is 3.